The molecule has 0 aromatic heterocycles. The standard InChI is InChI=1S/C18H15I2NO4/c1-11(22)21-16(18(23)24)9-13-7-14(19)17(15(20)8-13)25-10-12-5-3-2-4-6-12/h2-9H,10H2,1H3,(H,21,22)(H,23,24)/b16-9+. The van der Waals surface area contributed by atoms with E-state index in [1.165, 1.54) is 13.0 Å². The van der Waals surface area contributed by atoms with Gasteiger partial charge in [0, 0.05) is 6.92 Å². The summed E-state index contributed by atoms with van der Waals surface area (Å²) in [5.41, 5.74) is 1.57. The van der Waals surface area contributed by atoms with Crippen molar-refractivity contribution >= 4 is 63.1 Å². The molecule has 0 fully saturated rings. The van der Waals surface area contributed by atoms with E-state index in [2.05, 4.69) is 50.5 Å². The smallest absolute Gasteiger partial charge is 0.352 e. The average Bonchev–Trinajstić information content (AvgIpc) is 2.54. The van der Waals surface area contributed by atoms with E-state index in [1.54, 1.807) is 0 Å². The highest BCUT2D eigenvalue weighted by atomic mass is 127. The molecule has 0 atom stereocenters. The van der Waals surface area contributed by atoms with Crippen LogP contribution in [0, 0.1) is 7.14 Å². The molecule has 0 spiro atoms. The van der Waals surface area contributed by atoms with Crippen molar-refractivity contribution < 1.29 is 19.4 Å². The molecule has 5 nitrogen and oxygen atoms in total. The Bertz CT molecular complexity index is 796. The van der Waals surface area contributed by atoms with Crippen molar-refractivity contribution in [1.29, 1.82) is 0 Å². The van der Waals surface area contributed by atoms with Gasteiger partial charge in [0.2, 0.25) is 5.91 Å². The molecule has 7 heteroatoms. The fraction of sp³-hybridized carbons (Fsp3) is 0.111. The van der Waals surface area contributed by atoms with Gasteiger partial charge in [0.25, 0.3) is 0 Å². The first-order chi connectivity index (χ1) is 11.9. The maximum atomic E-state index is 11.2. The molecule has 130 valence electrons. The number of benzene rings is 2. The third-order valence-corrected chi connectivity index (χ3v) is 4.70. The number of aliphatic carboxylic acids is 1. The molecule has 0 heterocycles. The van der Waals surface area contributed by atoms with E-state index < -0.39 is 11.9 Å². The van der Waals surface area contributed by atoms with E-state index in [0.29, 0.717) is 12.2 Å². The number of carboxylic acids is 1. The minimum atomic E-state index is -1.19. The van der Waals surface area contributed by atoms with Crippen molar-refractivity contribution in [3.05, 3.63) is 66.4 Å². The molecular formula is C18H15I2NO4. The topological polar surface area (TPSA) is 75.6 Å². The van der Waals surface area contributed by atoms with Crippen LogP contribution in [0.25, 0.3) is 6.08 Å². The second-order valence-electron chi connectivity index (χ2n) is 5.13. The van der Waals surface area contributed by atoms with Gasteiger partial charge in [0.15, 0.2) is 0 Å². The molecule has 0 aliphatic rings. The molecule has 2 rings (SSSR count). The number of carbonyl (C=O) groups is 2. The first kappa shape index (κ1) is 19.7. The number of halogens is 2. The van der Waals surface area contributed by atoms with Gasteiger partial charge in [-0.25, -0.2) is 4.79 Å². The van der Waals surface area contributed by atoms with Gasteiger partial charge in [0.1, 0.15) is 18.1 Å². The van der Waals surface area contributed by atoms with Crippen molar-refractivity contribution in [2.24, 2.45) is 0 Å². The lowest BCUT2D eigenvalue weighted by Crippen LogP contribution is -2.24. The molecule has 0 aliphatic heterocycles. The number of rotatable bonds is 6. The number of nitrogens with one attached hydrogen (secondary N) is 1. The quantitative estimate of drug-likeness (QED) is 0.412. The first-order valence-corrected chi connectivity index (χ1v) is 9.41. The van der Waals surface area contributed by atoms with Gasteiger partial charge in [-0.15, -0.1) is 0 Å². The number of carbonyl (C=O) groups excluding carboxylic acids is 1. The Kier molecular flexibility index (Phi) is 7.24. The summed E-state index contributed by atoms with van der Waals surface area (Å²) in [6.07, 6.45) is 1.43. The number of ether oxygens (including phenoxy) is 1. The van der Waals surface area contributed by atoms with Crippen LogP contribution < -0.4 is 10.1 Å². The number of hydrogen-bond acceptors (Lipinski definition) is 3. The Hall–Kier alpha value is -1.62. The van der Waals surface area contributed by atoms with Gasteiger partial charge < -0.3 is 15.2 Å². The Morgan fingerprint density at radius 1 is 1.16 bits per heavy atom. The Morgan fingerprint density at radius 3 is 2.28 bits per heavy atom. The lowest BCUT2D eigenvalue weighted by molar-refractivity contribution is -0.134. The summed E-state index contributed by atoms with van der Waals surface area (Å²) >= 11 is 4.30. The summed E-state index contributed by atoms with van der Waals surface area (Å²) in [7, 11) is 0. The zero-order valence-electron chi connectivity index (χ0n) is 13.3. The predicted molar refractivity (Wildman–Crippen MR) is 112 cm³/mol. The van der Waals surface area contributed by atoms with Gasteiger partial charge >= 0.3 is 5.97 Å². The molecule has 2 N–H and O–H groups in total. The van der Waals surface area contributed by atoms with E-state index in [0.717, 1.165) is 18.5 Å². The van der Waals surface area contributed by atoms with Crippen LogP contribution in [0.3, 0.4) is 0 Å². The van der Waals surface area contributed by atoms with Crippen molar-refractivity contribution in [2.75, 3.05) is 0 Å². The predicted octanol–water partition coefficient (Wildman–Crippen LogP) is 4.04. The molecule has 0 radical (unpaired) electrons. The number of carboxylic acid groups (broad SMARTS) is 1. The van der Waals surface area contributed by atoms with Crippen LogP contribution >= 0.6 is 45.2 Å². The van der Waals surface area contributed by atoms with Crippen molar-refractivity contribution in [3.8, 4) is 5.75 Å². The maximum Gasteiger partial charge on any atom is 0.352 e. The highest BCUT2D eigenvalue weighted by Crippen LogP contribution is 2.30. The van der Waals surface area contributed by atoms with Crippen molar-refractivity contribution in [3.63, 3.8) is 0 Å². The van der Waals surface area contributed by atoms with Crippen LogP contribution in [0.1, 0.15) is 18.1 Å². The first-order valence-electron chi connectivity index (χ1n) is 7.25. The largest absolute Gasteiger partial charge is 0.487 e. The number of amides is 1. The van der Waals surface area contributed by atoms with E-state index in [4.69, 9.17) is 4.74 Å². The lowest BCUT2D eigenvalue weighted by atomic mass is 10.2. The molecule has 0 saturated heterocycles. The summed E-state index contributed by atoms with van der Waals surface area (Å²) in [4.78, 5) is 22.3. The molecule has 1 amide bonds. The summed E-state index contributed by atoms with van der Waals surface area (Å²) in [5, 5.41) is 11.5. The lowest BCUT2D eigenvalue weighted by Gasteiger charge is -2.12. The Labute approximate surface area is 172 Å². The van der Waals surface area contributed by atoms with Gasteiger partial charge in [0.05, 0.1) is 7.14 Å². The monoisotopic (exact) mass is 563 g/mol. The van der Waals surface area contributed by atoms with Crippen LogP contribution in [0.15, 0.2) is 48.2 Å². The van der Waals surface area contributed by atoms with Crippen LogP contribution in [0.5, 0.6) is 5.75 Å². The summed E-state index contributed by atoms with van der Waals surface area (Å²) in [6.45, 7) is 1.72. The second-order valence-corrected chi connectivity index (χ2v) is 7.46. The molecule has 25 heavy (non-hydrogen) atoms. The van der Waals surface area contributed by atoms with Crippen LogP contribution in [0.2, 0.25) is 0 Å². The maximum absolute atomic E-state index is 11.2. The Morgan fingerprint density at radius 2 is 1.76 bits per heavy atom. The molecule has 2 aromatic carbocycles. The summed E-state index contributed by atoms with van der Waals surface area (Å²) < 4.78 is 7.62. The molecular weight excluding hydrogens is 548 g/mol. The number of hydrogen-bond donors (Lipinski definition) is 2. The zero-order chi connectivity index (χ0) is 18.4. The van der Waals surface area contributed by atoms with E-state index in [9.17, 15) is 14.7 Å². The fourth-order valence-electron chi connectivity index (χ4n) is 2.04. The van der Waals surface area contributed by atoms with Gasteiger partial charge in [-0.1, -0.05) is 30.3 Å². The van der Waals surface area contributed by atoms with Gasteiger partial charge in [-0.2, -0.15) is 0 Å². The summed E-state index contributed by atoms with van der Waals surface area (Å²) in [6, 6.07) is 13.5. The van der Waals surface area contributed by atoms with Gasteiger partial charge in [-0.3, -0.25) is 4.79 Å². The highest BCUT2D eigenvalue weighted by molar-refractivity contribution is 14.1. The van der Waals surface area contributed by atoms with Crippen molar-refractivity contribution in [2.45, 2.75) is 13.5 Å². The third-order valence-electron chi connectivity index (χ3n) is 3.10. The average molecular weight is 563 g/mol. The summed E-state index contributed by atoms with van der Waals surface area (Å²) in [5.74, 6) is -0.871. The normalized spacial score (nSPS) is 11.1. The molecule has 0 unspecified atom stereocenters. The molecule has 2 aromatic rings. The SMILES string of the molecule is CC(=O)N/C(=C/c1cc(I)c(OCc2ccccc2)c(I)c1)C(=O)O. The van der Waals surface area contributed by atoms with E-state index >= 15 is 0 Å². The second kappa shape index (κ2) is 9.18. The molecule has 0 bridgehead atoms. The van der Waals surface area contributed by atoms with E-state index in [1.807, 2.05) is 42.5 Å². The fourth-order valence-corrected chi connectivity index (χ4v) is 4.17. The molecule has 0 saturated carbocycles. The Balaban J connectivity index is 2.24. The van der Waals surface area contributed by atoms with Gasteiger partial charge in [-0.05, 0) is 74.5 Å². The molecule has 0 aliphatic carbocycles. The minimum Gasteiger partial charge on any atom is -0.487 e. The highest BCUT2D eigenvalue weighted by Gasteiger charge is 2.12. The zero-order valence-corrected chi connectivity index (χ0v) is 17.6. The minimum absolute atomic E-state index is 0.169. The van der Waals surface area contributed by atoms with Crippen LogP contribution in [0.4, 0.5) is 0 Å². The van der Waals surface area contributed by atoms with Crippen LogP contribution in [-0.4, -0.2) is 17.0 Å². The van der Waals surface area contributed by atoms with Crippen LogP contribution in [-0.2, 0) is 16.2 Å². The third kappa shape index (κ3) is 5.99. The van der Waals surface area contributed by atoms with E-state index in [-0.39, 0.29) is 5.70 Å². The van der Waals surface area contributed by atoms with Crippen molar-refractivity contribution in [1.82, 2.24) is 5.32 Å².